The number of anilines is 1. The molecule has 3 aromatic rings. The summed E-state index contributed by atoms with van der Waals surface area (Å²) in [6.45, 7) is 2.20. The van der Waals surface area contributed by atoms with Crippen LogP contribution >= 0.6 is 11.6 Å². The summed E-state index contributed by atoms with van der Waals surface area (Å²) in [5, 5.41) is 0.552. The molecule has 0 radical (unpaired) electrons. The molecule has 0 aliphatic carbocycles. The quantitative estimate of drug-likeness (QED) is 0.580. The molecule has 0 aliphatic rings. The molecule has 27 heavy (non-hydrogen) atoms. The van der Waals surface area contributed by atoms with Crippen molar-refractivity contribution < 1.29 is 13.2 Å². The monoisotopic (exact) mass is 401 g/mol. The minimum absolute atomic E-state index is 0.200. The molecule has 140 valence electrons. The molecule has 0 amide bonds. The minimum Gasteiger partial charge on any atom is -0.497 e. The number of rotatable bonds is 6. The lowest BCUT2D eigenvalue weighted by molar-refractivity contribution is 0.414. The van der Waals surface area contributed by atoms with Crippen molar-refractivity contribution in [3.8, 4) is 5.75 Å². The van der Waals surface area contributed by atoms with Gasteiger partial charge in [0.15, 0.2) is 0 Å². The number of hydrogen-bond donors (Lipinski definition) is 0. The third kappa shape index (κ3) is 4.43. The number of benzene rings is 3. The fourth-order valence-corrected chi connectivity index (χ4v) is 4.35. The lowest BCUT2D eigenvalue weighted by atomic mass is 10.1. The lowest BCUT2D eigenvalue weighted by Gasteiger charge is -2.25. The van der Waals surface area contributed by atoms with Gasteiger partial charge in [0.1, 0.15) is 5.75 Å². The molecule has 0 bridgehead atoms. The first-order valence-corrected chi connectivity index (χ1v) is 10.2. The summed E-state index contributed by atoms with van der Waals surface area (Å²) in [4.78, 5) is 0.200. The van der Waals surface area contributed by atoms with Crippen LogP contribution in [0.2, 0.25) is 5.02 Å². The maximum absolute atomic E-state index is 13.4. The van der Waals surface area contributed by atoms with E-state index >= 15 is 0 Å². The third-order valence-electron chi connectivity index (χ3n) is 4.17. The third-order valence-corrected chi connectivity index (χ3v) is 6.21. The summed E-state index contributed by atoms with van der Waals surface area (Å²) in [7, 11) is -2.23. The zero-order valence-corrected chi connectivity index (χ0v) is 16.7. The van der Waals surface area contributed by atoms with Crippen molar-refractivity contribution in [2.24, 2.45) is 0 Å². The Bertz CT molecular complexity index is 1020. The van der Waals surface area contributed by atoms with E-state index in [0.717, 1.165) is 11.1 Å². The maximum Gasteiger partial charge on any atom is 0.264 e. The molecule has 0 atom stereocenters. The van der Waals surface area contributed by atoms with Crippen molar-refractivity contribution in [3.63, 3.8) is 0 Å². The zero-order chi connectivity index (χ0) is 19.4. The highest BCUT2D eigenvalue weighted by Crippen LogP contribution is 2.28. The fourth-order valence-electron chi connectivity index (χ4n) is 2.77. The molecule has 0 spiro atoms. The molecular formula is C21H20ClNO3S. The van der Waals surface area contributed by atoms with Gasteiger partial charge in [-0.15, -0.1) is 0 Å². The number of aryl methyl sites for hydroxylation is 1. The van der Waals surface area contributed by atoms with E-state index in [9.17, 15) is 8.42 Å². The molecule has 0 aliphatic heterocycles. The van der Waals surface area contributed by atoms with Gasteiger partial charge < -0.3 is 4.74 Å². The van der Waals surface area contributed by atoms with Crippen molar-refractivity contribution >= 4 is 27.3 Å². The molecule has 3 aromatic carbocycles. The number of methoxy groups -OCH3 is 1. The zero-order valence-electron chi connectivity index (χ0n) is 15.1. The second-order valence-electron chi connectivity index (χ2n) is 6.15. The van der Waals surface area contributed by atoms with Gasteiger partial charge in [0.2, 0.25) is 0 Å². The van der Waals surface area contributed by atoms with E-state index in [0.29, 0.717) is 16.5 Å². The number of sulfonamides is 1. The van der Waals surface area contributed by atoms with Crippen LogP contribution in [0.25, 0.3) is 0 Å². The molecule has 0 aromatic heterocycles. The first kappa shape index (κ1) is 19.3. The Kier molecular flexibility index (Phi) is 5.73. The van der Waals surface area contributed by atoms with Crippen LogP contribution < -0.4 is 9.04 Å². The Morgan fingerprint density at radius 2 is 1.63 bits per heavy atom. The summed E-state index contributed by atoms with van der Waals surface area (Å²) < 4.78 is 33.2. The minimum atomic E-state index is -3.77. The van der Waals surface area contributed by atoms with E-state index in [2.05, 4.69) is 0 Å². The number of halogens is 1. The van der Waals surface area contributed by atoms with Gasteiger partial charge in [0.25, 0.3) is 10.0 Å². The lowest BCUT2D eigenvalue weighted by Crippen LogP contribution is -2.30. The van der Waals surface area contributed by atoms with E-state index in [1.165, 1.54) is 4.31 Å². The summed E-state index contributed by atoms with van der Waals surface area (Å²) >= 11 is 5.98. The van der Waals surface area contributed by atoms with Gasteiger partial charge in [0, 0.05) is 5.02 Å². The van der Waals surface area contributed by atoms with E-state index in [-0.39, 0.29) is 11.4 Å². The van der Waals surface area contributed by atoms with Crippen LogP contribution in [0.3, 0.4) is 0 Å². The molecule has 0 heterocycles. The second kappa shape index (κ2) is 8.03. The largest absolute Gasteiger partial charge is 0.497 e. The molecule has 0 unspecified atom stereocenters. The molecule has 0 N–H and O–H groups in total. The van der Waals surface area contributed by atoms with Gasteiger partial charge in [-0.1, -0.05) is 41.4 Å². The summed E-state index contributed by atoms with van der Waals surface area (Å²) in [5.74, 6) is 0.602. The van der Waals surface area contributed by atoms with Crippen LogP contribution in [-0.4, -0.2) is 15.5 Å². The normalized spacial score (nSPS) is 11.2. The summed E-state index contributed by atoms with van der Waals surface area (Å²) in [6.07, 6.45) is 0. The van der Waals surface area contributed by atoms with Crippen molar-refractivity contribution in [3.05, 3.63) is 88.9 Å². The van der Waals surface area contributed by atoms with Gasteiger partial charge in [0.05, 0.1) is 24.2 Å². The van der Waals surface area contributed by atoms with Crippen LogP contribution in [0.1, 0.15) is 11.1 Å². The van der Waals surface area contributed by atoms with Crippen molar-refractivity contribution in [1.82, 2.24) is 0 Å². The molecule has 6 heteroatoms. The van der Waals surface area contributed by atoms with Crippen LogP contribution in [0, 0.1) is 6.92 Å². The number of ether oxygens (including phenoxy) is 1. The van der Waals surface area contributed by atoms with E-state index in [1.54, 1.807) is 55.6 Å². The maximum atomic E-state index is 13.4. The summed E-state index contributed by atoms with van der Waals surface area (Å²) in [5.41, 5.74) is 2.53. The summed E-state index contributed by atoms with van der Waals surface area (Å²) in [6, 6.07) is 21.0. The molecule has 4 nitrogen and oxygen atoms in total. The average Bonchev–Trinajstić information content (AvgIpc) is 2.67. The van der Waals surface area contributed by atoms with Crippen molar-refractivity contribution in [1.29, 1.82) is 0 Å². The molecule has 0 saturated carbocycles. The van der Waals surface area contributed by atoms with Crippen LogP contribution in [0.5, 0.6) is 5.75 Å². The molecule has 0 fully saturated rings. The van der Waals surface area contributed by atoms with Crippen molar-refractivity contribution in [2.75, 3.05) is 11.4 Å². The highest BCUT2D eigenvalue weighted by Gasteiger charge is 2.25. The van der Waals surface area contributed by atoms with Gasteiger partial charge in [-0.05, 0) is 61.0 Å². The topological polar surface area (TPSA) is 46.6 Å². The van der Waals surface area contributed by atoms with Gasteiger partial charge in [-0.3, -0.25) is 4.31 Å². The Balaban J connectivity index is 2.05. The van der Waals surface area contributed by atoms with E-state index < -0.39 is 10.0 Å². The van der Waals surface area contributed by atoms with Gasteiger partial charge in [-0.25, -0.2) is 8.42 Å². The van der Waals surface area contributed by atoms with Crippen LogP contribution in [-0.2, 0) is 16.6 Å². The highest BCUT2D eigenvalue weighted by molar-refractivity contribution is 7.92. The van der Waals surface area contributed by atoms with Crippen LogP contribution in [0.15, 0.2) is 77.7 Å². The fraction of sp³-hybridized carbons (Fsp3) is 0.143. The second-order valence-corrected chi connectivity index (χ2v) is 8.45. The molecule has 0 saturated heterocycles. The highest BCUT2D eigenvalue weighted by atomic mass is 35.5. The Morgan fingerprint density at radius 3 is 2.22 bits per heavy atom. The molecular weight excluding hydrogens is 382 g/mol. The first-order valence-electron chi connectivity index (χ1n) is 8.38. The van der Waals surface area contributed by atoms with E-state index in [1.807, 2.05) is 31.2 Å². The van der Waals surface area contributed by atoms with Gasteiger partial charge >= 0.3 is 0 Å². The van der Waals surface area contributed by atoms with E-state index in [4.69, 9.17) is 16.3 Å². The number of hydrogen-bond acceptors (Lipinski definition) is 3. The van der Waals surface area contributed by atoms with Gasteiger partial charge in [-0.2, -0.15) is 0 Å². The standard InChI is InChI=1S/C21H20ClNO3S/c1-16-4-3-5-17(14-16)15-23(19-8-6-18(22)7-9-19)27(24,25)21-12-10-20(26-2)11-13-21/h3-14H,15H2,1-2H3. The smallest absolute Gasteiger partial charge is 0.264 e. The Morgan fingerprint density at radius 1 is 0.963 bits per heavy atom. The SMILES string of the molecule is COc1ccc(S(=O)(=O)N(Cc2cccc(C)c2)c2ccc(Cl)cc2)cc1. The first-order chi connectivity index (χ1) is 12.9. The van der Waals surface area contributed by atoms with Crippen LogP contribution in [0.4, 0.5) is 5.69 Å². The Hall–Kier alpha value is -2.50. The van der Waals surface area contributed by atoms with Crippen molar-refractivity contribution in [2.45, 2.75) is 18.4 Å². The number of nitrogens with zero attached hydrogens (tertiary/aromatic N) is 1. The predicted octanol–water partition coefficient (Wildman–Crippen LogP) is 5.05. The average molecular weight is 402 g/mol. The Labute approximate surface area is 165 Å². The molecule has 3 rings (SSSR count). The predicted molar refractivity (Wildman–Crippen MR) is 109 cm³/mol.